The molecule has 2 rings (SSSR count). The van der Waals surface area contributed by atoms with Gasteiger partial charge >= 0.3 is 0 Å². The van der Waals surface area contributed by atoms with Gasteiger partial charge in [-0.15, -0.1) is 0 Å². The average molecular weight is 244 g/mol. The summed E-state index contributed by atoms with van der Waals surface area (Å²) < 4.78 is 0. The van der Waals surface area contributed by atoms with Crippen molar-refractivity contribution in [1.82, 2.24) is 0 Å². The molecule has 0 saturated carbocycles. The first-order valence-corrected chi connectivity index (χ1v) is 5.94. The number of Topliss-reactive ketones (excluding diaryl/α,β-unsaturated/α-hetero) is 1. The first-order chi connectivity index (χ1) is 8.58. The van der Waals surface area contributed by atoms with E-state index < -0.39 is 11.7 Å². The quantitative estimate of drug-likeness (QED) is 0.641. The molecule has 4 nitrogen and oxygen atoms in total. The van der Waals surface area contributed by atoms with Crippen LogP contribution in [0.3, 0.4) is 0 Å². The number of aryl methyl sites for hydroxylation is 1. The van der Waals surface area contributed by atoms with Gasteiger partial charge in [0, 0.05) is 13.1 Å². The largest absolute Gasteiger partial charge is 0.327 e. The summed E-state index contributed by atoms with van der Waals surface area (Å²) in [5, 5.41) is 0. The summed E-state index contributed by atoms with van der Waals surface area (Å²) in [7, 11) is 0. The molecule has 0 saturated heterocycles. The second-order valence-electron chi connectivity index (χ2n) is 4.38. The Morgan fingerprint density at radius 3 is 2.72 bits per heavy atom. The van der Waals surface area contributed by atoms with Gasteiger partial charge < -0.3 is 10.6 Å². The number of hydrogen-bond donors (Lipinski definition) is 1. The summed E-state index contributed by atoms with van der Waals surface area (Å²) in [6.45, 7) is 6.39. The number of carbonyl (C=O) groups excluding carboxylic acids is 2. The lowest BCUT2D eigenvalue weighted by molar-refractivity contribution is -0.114. The van der Waals surface area contributed by atoms with Crippen LogP contribution in [0.15, 0.2) is 30.4 Å². The molecule has 0 unspecified atom stereocenters. The van der Waals surface area contributed by atoms with Gasteiger partial charge in [-0.1, -0.05) is 19.6 Å². The number of amides is 1. The van der Waals surface area contributed by atoms with Gasteiger partial charge in [-0.3, -0.25) is 9.59 Å². The molecule has 1 aromatic rings. The number of benzene rings is 1. The number of ketones is 1. The zero-order valence-corrected chi connectivity index (χ0v) is 10.4. The summed E-state index contributed by atoms with van der Waals surface area (Å²) >= 11 is 0. The Kier molecular flexibility index (Phi) is 3.30. The third kappa shape index (κ3) is 1.95. The summed E-state index contributed by atoms with van der Waals surface area (Å²) in [5.74, 6) is -0.932. The topological polar surface area (TPSA) is 63.4 Å². The van der Waals surface area contributed by atoms with Crippen LogP contribution in [0.1, 0.15) is 22.8 Å². The Bertz CT molecular complexity index is 535. The lowest BCUT2D eigenvalue weighted by atomic mass is 10.1. The summed E-state index contributed by atoms with van der Waals surface area (Å²) in [4.78, 5) is 25.3. The van der Waals surface area contributed by atoms with Gasteiger partial charge in [0.15, 0.2) is 0 Å². The number of anilines is 1. The van der Waals surface area contributed by atoms with Gasteiger partial charge in [-0.05, 0) is 29.7 Å². The monoisotopic (exact) mass is 244 g/mol. The van der Waals surface area contributed by atoms with Crippen molar-refractivity contribution in [3.05, 3.63) is 41.5 Å². The van der Waals surface area contributed by atoms with Crippen LogP contribution in [0.4, 0.5) is 5.69 Å². The first-order valence-electron chi connectivity index (χ1n) is 5.94. The number of hydrogen-bond acceptors (Lipinski definition) is 3. The molecule has 0 atom stereocenters. The Morgan fingerprint density at radius 2 is 2.11 bits per heavy atom. The molecule has 0 aliphatic carbocycles. The Hall–Kier alpha value is -1.94. The molecule has 1 aromatic carbocycles. The molecule has 0 radical (unpaired) electrons. The maximum absolute atomic E-state index is 11.9. The van der Waals surface area contributed by atoms with Crippen LogP contribution in [-0.4, -0.2) is 24.8 Å². The molecule has 0 bridgehead atoms. The predicted octanol–water partition coefficient (Wildman–Crippen LogP) is 1.29. The Morgan fingerprint density at radius 1 is 1.39 bits per heavy atom. The fraction of sp³-hybridized carbons (Fsp3) is 0.286. The number of carbonyl (C=O) groups is 2. The molecule has 1 amide bonds. The SMILES string of the molecule is C=C(CN)CN1C(=O)C(=O)c2cc(CC)ccc21. The van der Waals surface area contributed by atoms with Crippen LogP contribution in [0.25, 0.3) is 0 Å². The zero-order valence-electron chi connectivity index (χ0n) is 10.4. The van der Waals surface area contributed by atoms with Crippen LogP contribution in [-0.2, 0) is 11.2 Å². The molecule has 0 aromatic heterocycles. The highest BCUT2D eigenvalue weighted by atomic mass is 16.2. The first kappa shape index (κ1) is 12.5. The van der Waals surface area contributed by atoms with Crippen molar-refractivity contribution in [3.63, 3.8) is 0 Å². The highest BCUT2D eigenvalue weighted by molar-refractivity contribution is 6.52. The van der Waals surface area contributed by atoms with Crippen LogP contribution in [0, 0.1) is 0 Å². The molecule has 1 aliphatic heterocycles. The van der Waals surface area contributed by atoms with E-state index in [0.29, 0.717) is 24.3 Å². The summed E-state index contributed by atoms with van der Waals surface area (Å²) in [6.07, 6.45) is 0.838. The molecule has 0 fully saturated rings. The number of nitrogens with two attached hydrogens (primary N) is 1. The summed E-state index contributed by atoms with van der Waals surface area (Å²) in [5.41, 5.74) is 8.40. The molecule has 18 heavy (non-hydrogen) atoms. The molecular weight excluding hydrogens is 228 g/mol. The predicted molar refractivity (Wildman–Crippen MR) is 70.7 cm³/mol. The molecule has 4 heteroatoms. The smallest absolute Gasteiger partial charge is 0.299 e. The van der Waals surface area contributed by atoms with E-state index >= 15 is 0 Å². The van der Waals surface area contributed by atoms with Gasteiger partial charge in [-0.2, -0.15) is 0 Å². The minimum atomic E-state index is -0.493. The van der Waals surface area contributed by atoms with E-state index in [9.17, 15) is 9.59 Å². The third-order valence-electron chi connectivity index (χ3n) is 3.11. The fourth-order valence-corrected chi connectivity index (χ4v) is 2.01. The number of rotatable bonds is 4. The van der Waals surface area contributed by atoms with Crippen molar-refractivity contribution in [2.24, 2.45) is 5.73 Å². The maximum atomic E-state index is 11.9. The van der Waals surface area contributed by atoms with Crippen LogP contribution >= 0.6 is 0 Å². The van der Waals surface area contributed by atoms with Gasteiger partial charge in [0.05, 0.1) is 11.3 Å². The van der Waals surface area contributed by atoms with Crippen molar-refractivity contribution in [2.45, 2.75) is 13.3 Å². The maximum Gasteiger partial charge on any atom is 0.299 e. The number of nitrogens with zero attached hydrogens (tertiary/aromatic N) is 1. The van der Waals surface area contributed by atoms with E-state index in [-0.39, 0.29) is 0 Å². The van der Waals surface area contributed by atoms with Crippen LogP contribution in [0.2, 0.25) is 0 Å². The van der Waals surface area contributed by atoms with E-state index in [1.165, 1.54) is 4.90 Å². The van der Waals surface area contributed by atoms with Crippen molar-refractivity contribution in [3.8, 4) is 0 Å². The van der Waals surface area contributed by atoms with Gasteiger partial charge in [0.2, 0.25) is 0 Å². The lowest BCUT2D eigenvalue weighted by Gasteiger charge is -2.17. The van der Waals surface area contributed by atoms with Crippen LogP contribution < -0.4 is 10.6 Å². The Labute approximate surface area is 106 Å². The lowest BCUT2D eigenvalue weighted by Crippen LogP contribution is -2.32. The standard InChI is InChI=1S/C14H16N2O2/c1-3-10-4-5-12-11(6-10)13(17)14(18)16(12)8-9(2)7-15/h4-6H,2-3,7-8,15H2,1H3. The van der Waals surface area contributed by atoms with E-state index in [0.717, 1.165) is 17.6 Å². The van der Waals surface area contributed by atoms with E-state index in [1.54, 1.807) is 6.07 Å². The molecule has 1 heterocycles. The van der Waals surface area contributed by atoms with Crippen molar-refractivity contribution < 1.29 is 9.59 Å². The minimum Gasteiger partial charge on any atom is -0.327 e. The fourth-order valence-electron chi connectivity index (χ4n) is 2.01. The highest BCUT2D eigenvalue weighted by Crippen LogP contribution is 2.30. The summed E-state index contributed by atoms with van der Waals surface area (Å²) in [6, 6.07) is 5.55. The molecular formula is C14H16N2O2. The second kappa shape index (κ2) is 4.74. The normalized spacial score (nSPS) is 14.0. The third-order valence-corrected chi connectivity index (χ3v) is 3.11. The van der Waals surface area contributed by atoms with Gasteiger partial charge in [0.25, 0.3) is 11.7 Å². The van der Waals surface area contributed by atoms with Crippen LogP contribution in [0.5, 0.6) is 0 Å². The second-order valence-corrected chi connectivity index (χ2v) is 4.38. The van der Waals surface area contributed by atoms with Crippen molar-refractivity contribution in [2.75, 3.05) is 18.0 Å². The minimum absolute atomic E-state index is 0.305. The van der Waals surface area contributed by atoms with E-state index in [1.807, 2.05) is 19.1 Å². The molecule has 94 valence electrons. The average Bonchev–Trinajstić information content (AvgIpc) is 2.63. The van der Waals surface area contributed by atoms with Gasteiger partial charge in [0.1, 0.15) is 0 Å². The van der Waals surface area contributed by atoms with Crippen molar-refractivity contribution in [1.29, 1.82) is 0 Å². The molecule has 0 spiro atoms. The van der Waals surface area contributed by atoms with E-state index in [2.05, 4.69) is 6.58 Å². The molecule has 1 aliphatic rings. The molecule has 2 N–H and O–H groups in total. The zero-order chi connectivity index (χ0) is 13.3. The highest BCUT2D eigenvalue weighted by Gasteiger charge is 2.35. The Balaban J connectivity index is 2.40. The van der Waals surface area contributed by atoms with Crippen molar-refractivity contribution >= 4 is 17.4 Å². The van der Waals surface area contributed by atoms with E-state index in [4.69, 9.17) is 5.73 Å². The van der Waals surface area contributed by atoms with Gasteiger partial charge in [-0.25, -0.2) is 0 Å². The number of fused-ring (bicyclic) bond motifs is 1.